The molecular weight excluding hydrogens is 344 g/mol. The van der Waals surface area contributed by atoms with Gasteiger partial charge in [-0.05, 0) is 31.6 Å². The van der Waals surface area contributed by atoms with E-state index in [9.17, 15) is 9.59 Å². The summed E-state index contributed by atoms with van der Waals surface area (Å²) in [6.07, 6.45) is 7.55. The third kappa shape index (κ3) is 5.90. The van der Waals surface area contributed by atoms with Crippen LogP contribution < -0.4 is 11.1 Å². The summed E-state index contributed by atoms with van der Waals surface area (Å²) >= 11 is 0. The fraction of sp³-hybridized carbons (Fsp3) is 0.900. The minimum atomic E-state index is -0.432. The highest BCUT2D eigenvalue weighted by Crippen LogP contribution is 2.25. The largest absolute Gasteiger partial charge is 0.381 e. The zero-order valence-electron chi connectivity index (χ0n) is 16.5. The first-order valence-electron chi connectivity index (χ1n) is 10.8. The molecule has 3 fully saturated rings. The van der Waals surface area contributed by atoms with Crippen LogP contribution in [0.15, 0.2) is 0 Å². The third-order valence-electron chi connectivity index (χ3n) is 6.44. The molecule has 3 rings (SSSR count). The topological polar surface area (TPSA) is 87.9 Å². The summed E-state index contributed by atoms with van der Waals surface area (Å²) in [7, 11) is 0. The molecule has 1 aliphatic carbocycles. The predicted molar refractivity (Wildman–Crippen MR) is 104 cm³/mol. The maximum atomic E-state index is 12.6. The second-order valence-electron chi connectivity index (χ2n) is 8.27. The van der Waals surface area contributed by atoms with Crippen molar-refractivity contribution >= 4 is 11.8 Å². The zero-order valence-corrected chi connectivity index (χ0v) is 16.5. The number of ether oxygens (including phenoxy) is 1. The van der Waals surface area contributed by atoms with Crippen LogP contribution in [0, 0.1) is 11.8 Å². The van der Waals surface area contributed by atoms with Gasteiger partial charge in [-0.15, -0.1) is 0 Å². The molecule has 1 atom stereocenters. The number of piperazine rings is 1. The van der Waals surface area contributed by atoms with Crippen LogP contribution in [0.2, 0.25) is 0 Å². The lowest BCUT2D eigenvalue weighted by Crippen LogP contribution is -2.53. The minimum Gasteiger partial charge on any atom is -0.381 e. The third-order valence-corrected chi connectivity index (χ3v) is 6.44. The van der Waals surface area contributed by atoms with E-state index in [4.69, 9.17) is 10.5 Å². The van der Waals surface area contributed by atoms with Crippen molar-refractivity contribution in [2.45, 2.75) is 51.0 Å². The lowest BCUT2D eigenvalue weighted by atomic mass is 9.88. The summed E-state index contributed by atoms with van der Waals surface area (Å²) in [4.78, 5) is 29.2. The van der Waals surface area contributed by atoms with E-state index in [-0.39, 0.29) is 17.7 Å². The van der Waals surface area contributed by atoms with Gasteiger partial charge in [-0.25, -0.2) is 0 Å². The molecule has 1 unspecified atom stereocenters. The summed E-state index contributed by atoms with van der Waals surface area (Å²) in [6.45, 7) is 6.24. The Hall–Kier alpha value is -1.18. The van der Waals surface area contributed by atoms with Gasteiger partial charge in [-0.3, -0.25) is 14.5 Å². The van der Waals surface area contributed by atoms with Crippen molar-refractivity contribution in [3.05, 3.63) is 0 Å². The Kier molecular flexibility index (Phi) is 7.91. The zero-order chi connectivity index (χ0) is 19.1. The number of carbonyl (C=O) groups excluding carboxylic acids is 2. The molecule has 1 saturated carbocycles. The average Bonchev–Trinajstić information content (AvgIpc) is 2.74. The van der Waals surface area contributed by atoms with Crippen molar-refractivity contribution in [2.24, 2.45) is 17.6 Å². The molecule has 2 aliphatic heterocycles. The molecule has 3 aliphatic rings. The standard InChI is InChI=1S/C20H36N4O3/c21-18(16-6-14-27-15-7-16)19(25)22-8-9-23-10-12-24(13-11-23)20(26)17-4-2-1-3-5-17/h16-18H,1-15,21H2,(H,22,25). The highest BCUT2D eigenvalue weighted by atomic mass is 16.5. The molecule has 2 saturated heterocycles. The average molecular weight is 381 g/mol. The van der Waals surface area contributed by atoms with Crippen molar-refractivity contribution in [3.8, 4) is 0 Å². The quantitative estimate of drug-likeness (QED) is 0.704. The first-order valence-corrected chi connectivity index (χ1v) is 10.8. The second-order valence-corrected chi connectivity index (χ2v) is 8.27. The number of rotatable bonds is 6. The fourth-order valence-electron chi connectivity index (χ4n) is 4.54. The van der Waals surface area contributed by atoms with Gasteiger partial charge in [0.1, 0.15) is 0 Å². The van der Waals surface area contributed by atoms with Gasteiger partial charge in [-0.2, -0.15) is 0 Å². The number of carbonyl (C=O) groups is 2. The Balaban J connectivity index is 1.31. The summed E-state index contributed by atoms with van der Waals surface area (Å²) in [5.41, 5.74) is 6.11. The summed E-state index contributed by atoms with van der Waals surface area (Å²) in [5.74, 6) is 0.808. The summed E-state index contributed by atoms with van der Waals surface area (Å²) < 4.78 is 5.33. The highest BCUT2D eigenvalue weighted by molar-refractivity contribution is 5.81. The number of hydrogen-bond donors (Lipinski definition) is 2. The van der Waals surface area contributed by atoms with E-state index in [1.807, 2.05) is 4.90 Å². The molecule has 0 radical (unpaired) electrons. The van der Waals surface area contributed by atoms with Gasteiger partial charge in [0.15, 0.2) is 0 Å². The SMILES string of the molecule is NC(C(=O)NCCN1CCN(C(=O)C2CCCCC2)CC1)C1CCOCC1. The van der Waals surface area contributed by atoms with E-state index in [1.165, 1.54) is 19.3 Å². The van der Waals surface area contributed by atoms with Crippen LogP contribution in [0.1, 0.15) is 44.9 Å². The second kappa shape index (κ2) is 10.4. The van der Waals surface area contributed by atoms with Crippen LogP contribution in [-0.4, -0.2) is 80.1 Å². The van der Waals surface area contributed by atoms with E-state index in [2.05, 4.69) is 10.2 Å². The molecule has 2 amide bonds. The van der Waals surface area contributed by atoms with Gasteiger partial charge in [0.2, 0.25) is 11.8 Å². The molecule has 27 heavy (non-hydrogen) atoms. The van der Waals surface area contributed by atoms with Crippen molar-refractivity contribution in [1.29, 1.82) is 0 Å². The van der Waals surface area contributed by atoms with Crippen LogP contribution in [0.3, 0.4) is 0 Å². The van der Waals surface area contributed by atoms with E-state index in [0.29, 0.717) is 25.7 Å². The molecular formula is C20H36N4O3. The Morgan fingerprint density at radius 1 is 1.00 bits per heavy atom. The Bertz CT molecular complexity index is 482. The molecule has 0 aromatic carbocycles. The predicted octanol–water partition coefficient (Wildman–Crippen LogP) is 0.581. The van der Waals surface area contributed by atoms with E-state index < -0.39 is 6.04 Å². The van der Waals surface area contributed by atoms with Crippen molar-refractivity contribution < 1.29 is 14.3 Å². The van der Waals surface area contributed by atoms with E-state index >= 15 is 0 Å². The molecule has 0 spiro atoms. The fourth-order valence-corrected chi connectivity index (χ4v) is 4.54. The van der Waals surface area contributed by atoms with Crippen LogP contribution in [-0.2, 0) is 14.3 Å². The monoisotopic (exact) mass is 380 g/mol. The van der Waals surface area contributed by atoms with Crippen LogP contribution in [0.4, 0.5) is 0 Å². The molecule has 7 nitrogen and oxygen atoms in total. The highest BCUT2D eigenvalue weighted by Gasteiger charge is 2.29. The molecule has 0 aromatic rings. The maximum Gasteiger partial charge on any atom is 0.237 e. The number of nitrogens with one attached hydrogen (secondary N) is 1. The van der Waals surface area contributed by atoms with Gasteiger partial charge in [-0.1, -0.05) is 19.3 Å². The lowest BCUT2D eigenvalue weighted by molar-refractivity contribution is -0.138. The number of amides is 2. The number of nitrogens with zero attached hydrogens (tertiary/aromatic N) is 2. The molecule has 7 heteroatoms. The van der Waals surface area contributed by atoms with Gasteiger partial charge < -0.3 is 20.7 Å². The molecule has 2 heterocycles. The van der Waals surface area contributed by atoms with Gasteiger partial charge in [0.05, 0.1) is 6.04 Å². The van der Waals surface area contributed by atoms with E-state index in [1.54, 1.807) is 0 Å². The summed E-state index contributed by atoms with van der Waals surface area (Å²) in [5, 5.41) is 2.99. The lowest BCUT2D eigenvalue weighted by Gasteiger charge is -2.37. The Morgan fingerprint density at radius 3 is 2.33 bits per heavy atom. The first-order chi connectivity index (χ1) is 13.1. The number of hydrogen-bond acceptors (Lipinski definition) is 5. The molecule has 0 bridgehead atoms. The maximum absolute atomic E-state index is 12.6. The smallest absolute Gasteiger partial charge is 0.237 e. The van der Waals surface area contributed by atoms with Crippen molar-refractivity contribution in [3.63, 3.8) is 0 Å². The molecule has 0 aromatic heterocycles. The van der Waals surface area contributed by atoms with Crippen molar-refractivity contribution in [1.82, 2.24) is 15.1 Å². The van der Waals surface area contributed by atoms with Gasteiger partial charge in [0, 0.05) is 58.4 Å². The van der Waals surface area contributed by atoms with Crippen molar-refractivity contribution in [2.75, 3.05) is 52.5 Å². The Labute approximate surface area is 163 Å². The summed E-state index contributed by atoms with van der Waals surface area (Å²) in [6, 6.07) is -0.432. The molecule has 3 N–H and O–H groups in total. The van der Waals surface area contributed by atoms with Gasteiger partial charge >= 0.3 is 0 Å². The van der Waals surface area contributed by atoms with E-state index in [0.717, 1.165) is 58.4 Å². The normalized spacial score (nSPS) is 24.6. The molecule has 154 valence electrons. The van der Waals surface area contributed by atoms with Crippen LogP contribution in [0.25, 0.3) is 0 Å². The Morgan fingerprint density at radius 2 is 1.67 bits per heavy atom. The first kappa shape index (κ1) is 20.6. The minimum absolute atomic E-state index is 0.0481. The number of nitrogens with two attached hydrogens (primary N) is 1. The van der Waals surface area contributed by atoms with Crippen LogP contribution >= 0.6 is 0 Å². The van der Waals surface area contributed by atoms with Gasteiger partial charge in [0.25, 0.3) is 0 Å². The van der Waals surface area contributed by atoms with Crippen LogP contribution in [0.5, 0.6) is 0 Å².